The summed E-state index contributed by atoms with van der Waals surface area (Å²) in [7, 11) is 3.45. The van der Waals surface area contributed by atoms with Gasteiger partial charge in [-0.1, -0.05) is 60.7 Å². The van der Waals surface area contributed by atoms with E-state index in [4.69, 9.17) is 9.47 Å². The summed E-state index contributed by atoms with van der Waals surface area (Å²) in [6, 6.07) is 24.1. The number of fused-ring (bicyclic) bond motifs is 1. The molecule has 4 nitrogen and oxygen atoms in total. The number of ether oxygens (including phenoxy) is 2. The summed E-state index contributed by atoms with van der Waals surface area (Å²) in [5.74, 6) is 0.497. The van der Waals surface area contributed by atoms with E-state index in [1.54, 1.807) is 0 Å². The maximum absolute atomic E-state index is 12.6. The largest absolute Gasteiger partial charge is 0.489 e. The molecule has 1 atom stereocenters. The normalized spacial score (nSPS) is 17.1. The lowest BCUT2D eigenvalue weighted by Crippen LogP contribution is -2.23. The number of carbonyl (C=O) groups is 1. The highest BCUT2D eigenvalue weighted by Gasteiger charge is 2.36. The predicted molar refractivity (Wildman–Crippen MR) is 110 cm³/mol. The van der Waals surface area contributed by atoms with E-state index in [9.17, 15) is 4.79 Å². The lowest BCUT2D eigenvalue weighted by atomic mass is 9.98. The lowest BCUT2D eigenvalue weighted by molar-refractivity contribution is -0.136. The molecule has 0 aliphatic carbocycles. The number of hydrogen-bond acceptors (Lipinski definition) is 4. The van der Waals surface area contributed by atoms with Crippen LogP contribution in [0, 0.1) is 0 Å². The quantitative estimate of drug-likeness (QED) is 0.623. The van der Waals surface area contributed by atoms with Gasteiger partial charge < -0.3 is 9.47 Å². The van der Waals surface area contributed by atoms with Crippen LogP contribution in [0.5, 0.6) is 5.75 Å². The van der Waals surface area contributed by atoms with Gasteiger partial charge in [-0.3, -0.25) is 4.90 Å². The van der Waals surface area contributed by atoms with Gasteiger partial charge in [0.25, 0.3) is 0 Å². The second-order valence-electron chi connectivity index (χ2n) is 7.03. The first-order valence-electron chi connectivity index (χ1n) is 9.34. The van der Waals surface area contributed by atoms with E-state index in [1.807, 2.05) is 67.7 Å². The van der Waals surface area contributed by atoms with Gasteiger partial charge in [0, 0.05) is 6.54 Å². The van der Waals surface area contributed by atoms with Crippen LogP contribution in [-0.4, -0.2) is 38.2 Å². The number of hydrogen-bond donors (Lipinski definition) is 0. The Morgan fingerprint density at radius 2 is 1.71 bits per heavy atom. The Bertz CT molecular complexity index is 1030. The molecule has 0 saturated heterocycles. The third-order valence-electron chi connectivity index (χ3n) is 5.19. The number of carbonyl (C=O) groups excluding carboxylic acids is 1. The molecule has 0 bridgehead atoms. The van der Waals surface area contributed by atoms with Crippen molar-refractivity contribution in [1.29, 1.82) is 0 Å². The minimum Gasteiger partial charge on any atom is -0.489 e. The monoisotopic (exact) mass is 373 g/mol. The maximum Gasteiger partial charge on any atom is 0.335 e. The van der Waals surface area contributed by atoms with Crippen LogP contribution in [-0.2, 0) is 9.53 Å². The zero-order valence-corrected chi connectivity index (χ0v) is 16.1. The molecule has 3 aromatic rings. The maximum atomic E-state index is 12.6. The van der Waals surface area contributed by atoms with Crippen LogP contribution in [0.25, 0.3) is 10.8 Å². The molecule has 142 valence electrons. The number of methoxy groups -OCH3 is 1. The van der Waals surface area contributed by atoms with Crippen LogP contribution in [0.4, 0.5) is 0 Å². The number of nitrogens with zero attached hydrogens (tertiary/aromatic N) is 1. The van der Waals surface area contributed by atoms with Crippen molar-refractivity contribution in [3.8, 4) is 5.75 Å². The minimum atomic E-state index is -0.296. The number of rotatable bonds is 5. The predicted octanol–water partition coefficient (Wildman–Crippen LogP) is 4.37. The van der Waals surface area contributed by atoms with Gasteiger partial charge >= 0.3 is 5.97 Å². The molecule has 0 N–H and O–H groups in total. The highest BCUT2D eigenvalue weighted by atomic mass is 16.5. The fourth-order valence-electron chi connectivity index (χ4n) is 3.86. The standard InChI is InChI=1S/C24H23NO3/c1-25-15-20(16-28-21-13-12-17-8-6-7-11-19(17)14-21)22(24(26)27-2)23(25)18-9-4-3-5-10-18/h3-14,23H,15-16H2,1-2H3. The van der Waals surface area contributed by atoms with Gasteiger partial charge in [0.05, 0.1) is 18.7 Å². The van der Waals surface area contributed by atoms with Crippen molar-refractivity contribution in [2.75, 3.05) is 27.3 Å². The molecule has 4 heteroatoms. The number of benzene rings is 3. The molecule has 1 heterocycles. The molecule has 0 saturated carbocycles. The van der Waals surface area contributed by atoms with Gasteiger partial charge in [-0.2, -0.15) is 0 Å². The molecule has 0 radical (unpaired) electrons. The Kier molecular flexibility index (Phi) is 5.13. The SMILES string of the molecule is COC(=O)C1=C(COc2ccc3ccccc3c2)CN(C)C1c1ccccc1. The molecule has 0 aromatic heterocycles. The van der Waals surface area contributed by atoms with E-state index in [0.717, 1.165) is 22.3 Å². The summed E-state index contributed by atoms with van der Waals surface area (Å²) in [4.78, 5) is 14.7. The highest BCUT2D eigenvalue weighted by Crippen LogP contribution is 2.36. The van der Waals surface area contributed by atoms with E-state index in [-0.39, 0.29) is 12.0 Å². The Morgan fingerprint density at radius 1 is 1.00 bits per heavy atom. The Morgan fingerprint density at radius 3 is 2.46 bits per heavy atom. The molecule has 4 rings (SSSR count). The zero-order valence-electron chi connectivity index (χ0n) is 16.1. The van der Waals surface area contributed by atoms with Gasteiger partial charge in [0.15, 0.2) is 0 Å². The average molecular weight is 373 g/mol. The first-order valence-corrected chi connectivity index (χ1v) is 9.34. The van der Waals surface area contributed by atoms with E-state index in [1.165, 1.54) is 12.5 Å². The Labute approximate surface area is 165 Å². The summed E-state index contributed by atoms with van der Waals surface area (Å²) in [6.45, 7) is 1.02. The van der Waals surface area contributed by atoms with Crippen molar-refractivity contribution in [3.05, 3.63) is 89.5 Å². The highest BCUT2D eigenvalue weighted by molar-refractivity contribution is 5.92. The van der Waals surface area contributed by atoms with E-state index in [0.29, 0.717) is 18.7 Å². The molecular weight excluding hydrogens is 350 g/mol. The summed E-state index contributed by atoms with van der Waals surface area (Å²) in [5.41, 5.74) is 2.71. The fourth-order valence-corrected chi connectivity index (χ4v) is 3.86. The first kappa shape index (κ1) is 18.3. The minimum absolute atomic E-state index is 0.121. The van der Waals surface area contributed by atoms with E-state index in [2.05, 4.69) is 17.0 Å². The smallest absolute Gasteiger partial charge is 0.335 e. The first-order chi connectivity index (χ1) is 13.7. The number of likely N-dealkylation sites (N-methyl/N-ethyl adjacent to an activating group) is 1. The second-order valence-corrected chi connectivity index (χ2v) is 7.03. The third-order valence-corrected chi connectivity index (χ3v) is 5.19. The van der Waals surface area contributed by atoms with Crippen molar-refractivity contribution >= 4 is 16.7 Å². The van der Waals surface area contributed by atoms with Crippen molar-refractivity contribution in [3.63, 3.8) is 0 Å². The van der Waals surface area contributed by atoms with Crippen LogP contribution in [0.15, 0.2) is 83.9 Å². The van der Waals surface area contributed by atoms with E-state index >= 15 is 0 Å². The Hall–Kier alpha value is -3.11. The second kappa shape index (κ2) is 7.87. The van der Waals surface area contributed by atoms with Gasteiger partial charge in [-0.15, -0.1) is 0 Å². The zero-order chi connectivity index (χ0) is 19.5. The van der Waals surface area contributed by atoms with Crippen molar-refractivity contribution < 1.29 is 14.3 Å². The van der Waals surface area contributed by atoms with Crippen molar-refractivity contribution in [1.82, 2.24) is 4.90 Å². The third kappa shape index (κ3) is 3.51. The number of esters is 1. The summed E-state index contributed by atoms with van der Waals surface area (Å²) in [5, 5.41) is 2.31. The van der Waals surface area contributed by atoms with E-state index < -0.39 is 0 Å². The molecule has 3 aromatic carbocycles. The fraction of sp³-hybridized carbons (Fsp3) is 0.208. The summed E-state index contributed by atoms with van der Waals surface area (Å²) in [6.07, 6.45) is 0. The van der Waals surface area contributed by atoms with Crippen molar-refractivity contribution in [2.24, 2.45) is 0 Å². The van der Waals surface area contributed by atoms with Crippen LogP contribution in [0.3, 0.4) is 0 Å². The van der Waals surface area contributed by atoms with Gasteiger partial charge in [0.1, 0.15) is 12.4 Å². The van der Waals surface area contributed by atoms with Crippen LogP contribution >= 0.6 is 0 Å². The summed E-state index contributed by atoms with van der Waals surface area (Å²) < 4.78 is 11.2. The summed E-state index contributed by atoms with van der Waals surface area (Å²) >= 11 is 0. The molecule has 0 spiro atoms. The average Bonchev–Trinajstić information content (AvgIpc) is 3.08. The van der Waals surface area contributed by atoms with Crippen molar-refractivity contribution in [2.45, 2.75) is 6.04 Å². The lowest BCUT2D eigenvalue weighted by Gasteiger charge is -2.22. The Balaban J connectivity index is 1.62. The van der Waals surface area contributed by atoms with Gasteiger partial charge in [-0.05, 0) is 41.1 Å². The van der Waals surface area contributed by atoms with Gasteiger partial charge in [0.2, 0.25) is 0 Å². The molecule has 0 amide bonds. The van der Waals surface area contributed by atoms with Crippen LogP contribution in [0.2, 0.25) is 0 Å². The molecule has 1 aliphatic heterocycles. The molecule has 0 fully saturated rings. The van der Waals surface area contributed by atoms with Crippen LogP contribution < -0.4 is 4.74 Å². The van der Waals surface area contributed by atoms with Gasteiger partial charge in [-0.25, -0.2) is 4.79 Å². The molecular formula is C24H23NO3. The molecule has 1 aliphatic rings. The topological polar surface area (TPSA) is 38.8 Å². The van der Waals surface area contributed by atoms with Crippen LogP contribution in [0.1, 0.15) is 11.6 Å². The molecule has 28 heavy (non-hydrogen) atoms. The molecule has 1 unspecified atom stereocenters.